The van der Waals surface area contributed by atoms with Crippen LogP contribution in [0.25, 0.3) is 17.1 Å². The number of benzene rings is 2. The third kappa shape index (κ3) is 2.94. The van der Waals surface area contributed by atoms with Gasteiger partial charge in [-0.05, 0) is 24.3 Å². The lowest BCUT2D eigenvalue weighted by molar-refractivity contribution is -0.385. The van der Waals surface area contributed by atoms with E-state index in [0.717, 1.165) is 11.0 Å². The second-order valence-electron chi connectivity index (χ2n) is 4.96. The third-order valence-electron chi connectivity index (χ3n) is 3.47. The first-order valence-electron chi connectivity index (χ1n) is 6.93. The van der Waals surface area contributed by atoms with Crippen molar-refractivity contribution in [2.75, 3.05) is 0 Å². The quantitative estimate of drug-likeness (QED) is 0.419. The lowest BCUT2D eigenvalue weighted by Crippen LogP contribution is -1.99. The molecule has 0 radical (unpaired) electrons. The zero-order valence-corrected chi connectivity index (χ0v) is 12.1. The number of allylic oxidation sites excluding steroid dienone is 1. The van der Waals surface area contributed by atoms with Crippen molar-refractivity contribution in [1.82, 2.24) is 9.55 Å². The van der Waals surface area contributed by atoms with Crippen LogP contribution in [0.1, 0.15) is 5.56 Å². The van der Waals surface area contributed by atoms with E-state index >= 15 is 0 Å². The molecule has 0 aliphatic carbocycles. The van der Waals surface area contributed by atoms with Crippen molar-refractivity contribution in [3.05, 3.63) is 76.1 Å². The van der Waals surface area contributed by atoms with Crippen LogP contribution in [0, 0.1) is 21.4 Å². The second-order valence-corrected chi connectivity index (χ2v) is 4.96. The summed E-state index contributed by atoms with van der Waals surface area (Å²) in [5.41, 5.74) is 2.57. The molecule has 0 unspecified atom stereocenters. The Morgan fingerprint density at radius 2 is 2.00 bits per heavy atom. The number of rotatable bonds is 4. The molecule has 23 heavy (non-hydrogen) atoms. The largest absolute Gasteiger partial charge is 0.325 e. The minimum atomic E-state index is -0.451. The van der Waals surface area contributed by atoms with E-state index in [1.807, 2.05) is 28.8 Å². The van der Waals surface area contributed by atoms with Gasteiger partial charge >= 0.3 is 0 Å². The lowest BCUT2D eigenvalue weighted by atomic mass is 10.1. The van der Waals surface area contributed by atoms with Crippen molar-refractivity contribution in [3.63, 3.8) is 0 Å². The van der Waals surface area contributed by atoms with Crippen molar-refractivity contribution in [2.45, 2.75) is 6.54 Å². The van der Waals surface area contributed by atoms with Crippen LogP contribution in [-0.2, 0) is 6.54 Å². The van der Waals surface area contributed by atoms with E-state index in [9.17, 15) is 15.4 Å². The predicted molar refractivity (Wildman–Crippen MR) is 86.4 cm³/mol. The number of aromatic nitrogens is 2. The number of hydrogen-bond donors (Lipinski definition) is 0. The maximum Gasteiger partial charge on any atom is 0.276 e. The van der Waals surface area contributed by atoms with E-state index in [0.29, 0.717) is 17.7 Å². The van der Waals surface area contributed by atoms with Crippen LogP contribution in [0.2, 0.25) is 0 Å². The van der Waals surface area contributed by atoms with E-state index in [4.69, 9.17) is 0 Å². The van der Waals surface area contributed by atoms with Crippen LogP contribution >= 0.6 is 0 Å². The molecule has 2 aromatic carbocycles. The van der Waals surface area contributed by atoms with Crippen LogP contribution in [-0.4, -0.2) is 14.5 Å². The molecule has 0 spiro atoms. The molecule has 0 saturated carbocycles. The van der Waals surface area contributed by atoms with E-state index in [1.165, 1.54) is 6.07 Å². The Bertz CT molecular complexity index is 950. The molecule has 6 heteroatoms. The number of nitrogens with zero attached hydrogens (tertiary/aromatic N) is 4. The summed E-state index contributed by atoms with van der Waals surface area (Å²) in [6.45, 7) is 0.309. The average molecular weight is 304 g/mol. The van der Waals surface area contributed by atoms with Crippen molar-refractivity contribution in [1.29, 1.82) is 5.26 Å². The fourth-order valence-corrected chi connectivity index (χ4v) is 2.40. The standard InChI is InChI=1S/C17H12N4O2/c18-10-13(9-14-5-1-3-7-16(14)21(22)23)11-20-12-19-15-6-2-4-8-17(15)20/h1-9,12H,11H2/b13-9-. The van der Waals surface area contributed by atoms with Gasteiger partial charge in [-0.25, -0.2) is 4.98 Å². The van der Waals surface area contributed by atoms with Crippen LogP contribution in [0.3, 0.4) is 0 Å². The Morgan fingerprint density at radius 3 is 2.78 bits per heavy atom. The number of nitro benzene ring substituents is 1. The van der Waals surface area contributed by atoms with Gasteiger partial charge in [-0.2, -0.15) is 5.26 Å². The summed E-state index contributed by atoms with van der Waals surface area (Å²) in [5.74, 6) is 0. The zero-order valence-electron chi connectivity index (χ0n) is 12.1. The van der Waals surface area contributed by atoms with Gasteiger partial charge in [0.15, 0.2) is 0 Å². The number of hydrogen-bond acceptors (Lipinski definition) is 4. The minimum absolute atomic E-state index is 0.0178. The summed E-state index contributed by atoms with van der Waals surface area (Å²) in [6.07, 6.45) is 3.21. The lowest BCUT2D eigenvalue weighted by Gasteiger charge is -2.03. The molecule has 3 aromatic rings. The van der Waals surface area contributed by atoms with Crippen LogP contribution in [0.15, 0.2) is 60.4 Å². The number of nitriles is 1. The average Bonchev–Trinajstić information content (AvgIpc) is 2.97. The first-order valence-corrected chi connectivity index (χ1v) is 6.93. The fourth-order valence-electron chi connectivity index (χ4n) is 2.40. The minimum Gasteiger partial charge on any atom is -0.325 e. The Balaban J connectivity index is 1.98. The molecule has 1 heterocycles. The van der Waals surface area contributed by atoms with Gasteiger partial charge < -0.3 is 4.57 Å². The SMILES string of the molecule is N#C/C(=C/c1ccccc1[N+](=O)[O-])Cn1cnc2ccccc21. The molecule has 0 bridgehead atoms. The van der Waals surface area contributed by atoms with E-state index in [1.54, 1.807) is 30.6 Å². The second kappa shape index (κ2) is 6.12. The molecule has 0 amide bonds. The number of nitro groups is 1. The predicted octanol–water partition coefficient (Wildman–Crippen LogP) is 3.55. The summed E-state index contributed by atoms with van der Waals surface area (Å²) < 4.78 is 1.85. The molecule has 3 rings (SSSR count). The molecule has 1 aromatic heterocycles. The Kier molecular flexibility index (Phi) is 3.85. The fraction of sp³-hybridized carbons (Fsp3) is 0.0588. The van der Waals surface area contributed by atoms with Gasteiger partial charge in [-0.15, -0.1) is 0 Å². The van der Waals surface area contributed by atoms with Gasteiger partial charge in [0.25, 0.3) is 5.69 Å². The van der Waals surface area contributed by atoms with Crippen molar-refractivity contribution in [3.8, 4) is 6.07 Å². The maximum absolute atomic E-state index is 11.1. The van der Waals surface area contributed by atoms with Gasteiger partial charge in [0.2, 0.25) is 0 Å². The topological polar surface area (TPSA) is 84.7 Å². The van der Waals surface area contributed by atoms with E-state index in [-0.39, 0.29) is 5.69 Å². The summed E-state index contributed by atoms with van der Waals surface area (Å²) in [5, 5.41) is 20.4. The molecule has 0 aliphatic rings. The summed E-state index contributed by atoms with van der Waals surface area (Å²) in [4.78, 5) is 14.9. The molecule has 0 aliphatic heterocycles. The molecule has 6 nitrogen and oxygen atoms in total. The van der Waals surface area contributed by atoms with Crippen LogP contribution < -0.4 is 0 Å². The van der Waals surface area contributed by atoms with Crippen molar-refractivity contribution < 1.29 is 4.92 Å². The van der Waals surface area contributed by atoms with Gasteiger partial charge in [0.1, 0.15) is 0 Å². The Labute approximate surface area is 132 Å². The third-order valence-corrected chi connectivity index (χ3v) is 3.47. The number of para-hydroxylation sites is 3. The highest BCUT2D eigenvalue weighted by Crippen LogP contribution is 2.21. The summed E-state index contributed by atoms with van der Waals surface area (Å²) in [6, 6.07) is 16.1. The van der Waals surface area contributed by atoms with Crippen molar-refractivity contribution >= 4 is 22.8 Å². The first-order chi connectivity index (χ1) is 11.2. The molecular weight excluding hydrogens is 292 g/mol. The molecule has 112 valence electrons. The first kappa shape index (κ1) is 14.5. The summed E-state index contributed by atoms with van der Waals surface area (Å²) >= 11 is 0. The molecule has 0 fully saturated rings. The van der Waals surface area contributed by atoms with E-state index < -0.39 is 4.92 Å². The molecular formula is C17H12N4O2. The molecule has 0 saturated heterocycles. The zero-order chi connectivity index (χ0) is 16.2. The van der Waals surface area contributed by atoms with Crippen LogP contribution in [0.5, 0.6) is 0 Å². The van der Waals surface area contributed by atoms with Crippen molar-refractivity contribution in [2.24, 2.45) is 0 Å². The summed E-state index contributed by atoms with van der Waals surface area (Å²) in [7, 11) is 0. The van der Waals surface area contributed by atoms with Gasteiger partial charge in [-0.3, -0.25) is 10.1 Å². The molecule has 0 N–H and O–H groups in total. The Morgan fingerprint density at radius 1 is 1.26 bits per heavy atom. The number of imidazole rings is 1. The highest BCUT2D eigenvalue weighted by atomic mass is 16.6. The highest BCUT2D eigenvalue weighted by molar-refractivity contribution is 5.75. The van der Waals surface area contributed by atoms with Gasteiger partial charge in [0, 0.05) is 6.07 Å². The van der Waals surface area contributed by atoms with Gasteiger partial charge in [0.05, 0.1) is 46.0 Å². The van der Waals surface area contributed by atoms with E-state index in [2.05, 4.69) is 11.1 Å². The normalized spacial score (nSPS) is 11.3. The smallest absolute Gasteiger partial charge is 0.276 e. The Hall–Kier alpha value is -3.46. The van der Waals surface area contributed by atoms with Crippen LogP contribution in [0.4, 0.5) is 5.69 Å². The molecule has 0 atom stereocenters. The maximum atomic E-state index is 11.1. The van der Waals surface area contributed by atoms with Gasteiger partial charge in [-0.1, -0.05) is 24.3 Å². The highest BCUT2D eigenvalue weighted by Gasteiger charge is 2.12. The number of fused-ring (bicyclic) bond motifs is 1. The monoisotopic (exact) mass is 304 g/mol.